The van der Waals surface area contributed by atoms with Crippen molar-refractivity contribution in [3.63, 3.8) is 0 Å². The molecule has 0 unspecified atom stereocenters. The van der Waals surface area contributed by atoms with Crippen LogP contribution >= 0.6 is 11.6 Å². The summed E-state index contributed by atoms with van der Waals surface area (Å²) in [5, 5.41) is 7.54. The van der Waals surface area contributed by atoms with E-state index in [9.17, 15) is 4.79 Å². The quantitative estimate of drug-likeness (QED) is 0.579. The van der Waals surface area contributed by atoms with Crippen molar-refractivity contribution >= 4 is 17.5 Å². The van der Waals surface area contributed by atoms with E-state index in [0.717, 1.165) is 23.4 Å². The zero-order chi connectivity index (χ0) is 21.7. The van der Waals surface area contributed by atoms with Crippen molar-refractivity contribution in [2.24, 2.45) is 0 Å². The molecule has 158 valence electrons. The predicted octanol–water partition coefficient (Wildman–Crippen LogP) is 4.26. The first-order chi connectivity index (χ1) is 14.4. The smallest absolute Gasteiger partial charge is 0.271 e. The van der Waals surface area contributed by atoms with E-state index in [1.165, 1.54) is 0 Å². The van der Waals surface area contributed by atoms with E-state index >= 15 is 0 Å². The summed E-state index contributed by atoms with van der Waals surface area (Å²) in [6.07, 6.45) is 0.908. The number of nitrogens with one attached hydrogen (secondary N) is 1. The average Bonchev–Trinajstić information content (AvgIpc) is 3.08. The third kappa shape index (κ3) is 4.91. The molecular weight excluding hydrogens is 404 g/mol. The number of rotatable bonds is 8. The van der Waals surface area contributed by atoms with E-state index in [1.54, 1.807) is 23.9 Å². The van der Waals surface area contributed by atoms with Crippen LogP contribution in [0, 0.1) is 13.8 Å². The number of methoxy groups -OCH3 is 1. The Morgan fingerprint density at radius 3 is 2.63 bits per heavy atom. The van der Waals surface area contributed by atoms with Crippen LogP contribution in [-0.2, 0) is 6.54 Å². The fourth-order valence-electron chi connectivity index (χ4n) is 2.99. The second kappa shape index (κ2) is 9.63. The van der Waals surface area contributed by atoms with Crippen molar-refractivity contribution < 1.29 is 14.3 Å². The van der Waals surface area contributed by atoms with Gasteiger partial charge in [0.1, 0.15) is 5.69 Å². The van der Waals surface area contributed by atoms with Gasteiger partial charge in [0.2, 0.25) is 0 Å². The molecule has 0 spiro atoms. The molecule has 0 saturated carbocycles. The number of aromatic nitrogens is 3. The number of amides is 1. The summed E-state index contributed by atoms with van der Waals surface area (Å²) < 4.78 is 12.7. The monoisotopic (exact) mass is 428 g/mol. The molecule has 0 aliphatic carbocycles. The number of carbonyl (C=O) groups is 1. The number of pyridine rings is 1. The number of aryl methyl sites for hydroxylation is 2. The van der Waals surface area contributed by atoms with Gasteiger partial charge >= 0.3 is 0 Å². The number of ether oxygens (including phenoxy) is 2. The second-order valence-electron chi connectivity index (χ2n) is 6.86. The summed E-state index contributed by atoms with van der Waals surface area (Å²) in [5.74, 6) is 1.47. The molecule has 0 atom stereocenters. The van der Waals surface area contributed by atoms with Gasteiger partial charge in [-0.3, -0.25) is 4.79 Å². The molecular formula is C22H25ClN4O3. The zero-order valence-corrected chi connectivity index (χ0v) is 18.3. The fourth-order valence-corrected chi connectivity index (χ4v) is 3.18. The summed E-state index contributed by atoms with van der Waals surface area (Å²) in [4.78, 5) is 17.2. The van der Waals surface area contributed by atoms with Crippen molar-refractivity contribution in [3.05, 3.63) is 64.1 Å². The Morgan fingerprint density at radius 2 is 1.97 bits per heavy atom. The lowest BCUT2D eigenvalue weighted by Crippen LogP contribution is -2.24. The molecule has 30 heavy (non-hydrogen) atoms. The van der Waals surface area contributed by atoms with Crippen LogP contribution < -0.4 is 14.8 Å². The fraction of sp³-hybridized carbons (Fsp3) is 0.318. The molecule has 3 rings (SSSR count). The van der Waals surface area contributed by atoms with Crippen LogP contribution in [-0.4, -0.2) is 34.4 Å². The average molecular weight is 429 g/mol. The van der Waals surface area contributed by atoms with E-state index in [1.807, 2.05) is 45.0 Å². The summed E-state index contributed by atoms with van der Waals surface area (Å²) in [6, 6.07) is 10.9. The third-order valence-electron chi connectivity index (χ3n) is 4.42. The molecule has 1 aromatic carbocycles. The Hall–Kier alpha value is -3.06. The van der Waals surface area contributed by atoms with Crippen molar-refractivity contribution in [2.45, 2.75) is 33.7 Å². The largest absolute Gasteiger partial charge is 0.493 e. The minimum Gasteiger partial charge on any atom is -0.493 e. The minimum atomic E-state index is -0.367. The second-order valence-corrected chi connectivity index (χ2v) is 7.26. The van der Waals surface area contributed by atoms with E-state index in [-0.39, 0.29) is 16.6 Å². The van der Waals surface area contributed by atoms with Gasteiger partial charge in [-0.1, -0.05) is 24.6 Å². The number of nitrogens with zero attached hydrogens (tertiary/aromatic N) is 3. The molecule has 0 aliphatic rings. The number of carbonyl (C=O) groups excluding carboxylic acids is 1. The molecule has 1 N–H and O–H groups in total. The SMILES string of the molecule is CCCOc1ccc(CNC(=O)c2nc(-n3nc(C)cc3C)ccc2Cl)cc1OC. The van der Waals surface area contributed by atoms with Crippen LogP contribution in [0.25, 0.3) is 5.82 Å². The first-order valence-electron chi connectivity index (χ1n) is 9.71. The van der Waals surface area contributed by atoms with Gasteiger partial charge in [-0.25, -0.2) is 9.67 Å². The van der Waals surface area contributed by atoms with E-state index in [4.69, 9.17) is 21.1 Å². The summed E-state index contributed by atoms with van der Waals surface area (Å²) in [6.45, 7) is 6.78. The number of halogens is 1. The summed E-state index contributed by atoms with van der Waals surface area (Å²) in [7, 11) is 1.59. The van der Waals surface area contributed by atoms with Crippen molar-refractivity contribution in [1.29, 1.82) is 0 Å². The van der Waals surface area contributed by atoms with Gasteiger partial charge in [-0.15, -0.1) is 0 Å². The van der Waals surface area contributed by atoms with Gasteiger partial charge in [-0.05, 0) is 56.2 Å². The summed E-state index contributed by atoms with van der Waals surface area (Å²) in [5.41, 5.74) is 2.81. The Bertz CT molecular complexity index is 1050. The van der Waals surface area contributed by atoms with Gasteiger partial charge in [0, 0.05) is 12.2 Å². The Kier molecular flexibility index (Phi) is 6.95. The van der Waals surface area contributed by atoms with Crippen molar-refractivity contribution in [2.75, 3.05) is 13.7 Å². The maximum atomic E-state index is 12.7. The minimum absolute atomic E-state index is 0.150. The van der Waals surface area contributed by atoms with Gasteiger partial charge in [0.25, 0.3) is 5.91 Å². The van der Waals surface area contributed by atoms with Crippen LogP contribution in [0.1, 0.15) is 40.8 Å². The first-order valence-corrected chi connectivity index (χ1v) is 10.1. The Labute approximate surface area is 181 Å². The molecule has 0 aliphatic heterocycles. The zero-order valence-electron chi connectivity index (χ0n) is 17.5. The maximum Gasteiger partial charge on any atom is 0.271 e. The molecule has 0 saturated heterocycles. The van der Waals surface area contributed by atoms with Crippen LogP contribution in [0.3, 0.4) is 0 Å². The number of hydrogen-bond donors (Lipinski definition) is 1. The van der Waals surface area contributed by atoms with Gasteiger partial charge in [0.15, 0.2) is 17.3 Å². The maximum absolute atomic E-state index is 12.7. The lowest BCUT2D eigenvalue weighted by atomic mass is 10.2. The van der Waals surface area contributed by atoms with Crippen LogP contribution in [0.15, 0.2) is 36.4 Å². The lowest BCUT2D eigenvalue weighted by molar-refractivity contribution is 0.0946. The molecule has 2 aromatic heterocycles. The molecule has 3 aromatic rings. The highest BCUT2D eigenvalue weighted by atomic mass is 35.5. The molecule has 0 bridgehead atoms. The highest BCUT2D eigenvalue weighted by molar-refractivity contribution is 6.33. The Balaban J connectivity index is 1.75. The van der Waals surface area contributed by atoms with E-state index in [2.05, 4.69) is 15.4 Å². The molecule has 0 radical (unpaired) electrons. The Morgan fingerprint density at radius 1 is 1.17 bits per heavy atom. The predicted molar refractivity (Wildman–Crippen MR) is 116 cm³/mol. The van der Waals surface area contributed by atoms with E-state index in [0.29, 0.717) is 30.5 Å². The number of benzene rings is 1. The van der Waals surface area contributed by atoms with Crippen molar-refractivity contribution in [1.82, 2.24) is 20.1 Å². The van der Waals surface area contributed by atoms with E-state index < -0.39 is 0 Å². The molecule has 2 heterocycles. The summed E-state index contributed by atoms with van der Waals surface area (Å²) >= 11 is 6.23. The highest BCUT2D eigenvalue weighted by Gasteiger charge is 2.16. The number of hydrogen-bond acceptors (Lipinski definition) is 5. The molecule has 1 amide bonds. The van der Waals surface area contributed by atoms with Crippen molar-refractivity contribution in [3.8, 4) is 17.3 Å². The lowest BCUT2D eigenvalue weighted by Gasteiger charge is -2.12. The third-order valence-corrected chi connectivity index (χ3v) is 4.72. The topological polar surface area (TPSA) is 78.3 Å². The van der Waals surface area contributed by atoms with Gasteiger partial charge in [0.05, 0.1) is 24.4 Å². The normalized spacial score (nSPS) is 10.7. The molecule has 7 nitrogen and oxygen atoms in total. The highest BCUT2D eigenvalue weighted by Crippen LogP contribution is 2.28. The van der Waals surface area contributed by atoms with Crippen LogP contribution in [0.2, 0.25) is 5.02 Å². The molecule has 0 fully saturated rings. The van der Waals surface area contributed by atoms with Crippen LogP contribution in [0.5, 0.6) is 11.5 Å². The molecule has 8 heteroatoms. The first kappa shape index (κ1) is 21.6. The van der Waals surface area contributed by atoms with Gasteiger partial charge < -0.3 is 14.8 Å². The van der Waals surface area contributed by atoms with Gasteiger partial charge in [-0.2, -0.15) is 5.10 Å². The van der Waals surface area contributed by atoms with Crippen LogP contribution in [0.4, 0.5) is 0 Å². The standard InChI is InChI=1S/C22H25ClN4O3/c1-5-10-30-18-8-6-16(12-19(18)29-4)13-24-22(28)21-17(23)7-9-20(25-21)27-15(3)11-14(2)26-27/h6-9,11-12H,5,10,13H2,1-4H3,(H,24,28).